The molecule has 2 aliphatic heterocycles. The molecule has 4 rings (SSSR count). The zero-order valence-corrected chi connectivity index (χ0v) is 22.4. The number of para-hydroxylation sites is 2. The fourth-order valence-corrected chi connectivity index (χ4v) is 4.86. The Labute approximate surface area is 228 Å². The molecule has 3 N–H and O–H groups in total. The lowest BCUT2D eigenvalue weighted by Crippen LogP contribution is -2.56. The Balaban J connectivity index is 1.39. The Morgan fingerprint density at radius 2 is 1.77 bits per heavy atom. The van der Waals surface area contributed by atoms with Crippen LogP contribution >= 0.6 is 0 Å². The number of carbonyl (C=O) groups is 3. The summed E-state index contributed by atoms with van der Waals surface area (Å²) in [7, 11) is 1.64. The Bertz CT molecular complexity index is 1170. The van der Waals surface area contributed by atoms with E-state index < -0.39 is 24.1 Å². The van der Waals surface area contributed by atoms with Gasteiger partial charge in [0, 0.05) is 26.2 Å². The van der Waals surface area contributed by atoms with Gasteiger partial charge in [0.05, 0.1) is 25.3 Å². The highest BCUT2D eigenvalue weighted by Crippen LogP contribution is 2.35. The summed E-state index contributed by atoms with van der Waals surface area (Å²) in [6, 6.07) is 10.7. The van der Waals surface area contributed by atoms with Crippen molar-refractivity contribution in [2.45, 2.75) is 44.7 Å². The Morgan fingerprint density at radius 1 is 1.03 bits per heavy atom. The second kappa shape index (κ2) is 13.1. The summed E-state index contributed by atoms with van der Waals surface area (Å²) in [6.07, 6.45) is 1.79. The molecular formula is C28H36N4O7. The van der Waals surface area contributed by atoms with Crippen molar-refractivity contribution >= 4 is 23.6 Å². The minimum atomic E-state index is -1.07. The zero-order chi connectivity index (χ0) is 27.8. The van der Waals surface area contributed by atoms with Gasteiger partial charge in [0.1, 0.15) is 11.8 Å². The van der Waals surface area contributed by atoms with Crippen molar-refractivity contribution < 1.29 is 33.7 Å². The maximum absolute atomic E-state index is 13.5. The van der Waals surface area contributed by atoms with E-state index in [9.17, 15) is 19.5 Å². The van der Waals surface area contributed by atoms with E-state index in [1.165, 1.54) is 0 Å². The summed E-state index contributed by atoms with van der Waals surface area (Å²) in [5.74, 6) is 0.636. The highest BCUT2D eigenvalue weighted by atomic mass is 16.7. The number of urea groups is 1. The number of nitrogens with zero attached hydrogens (tertiary/aromatic N) is 2. The molecule has 2 aliphatic rings. The number of fused-ring (bicyclic) bond motifs is 1. The van der Waals surface area contributed by atoms with Gasteiger partial charge in [-0.3, -0.25) is 9.59 Å². The van der Waals surface area contributed by atoms with Crippen LogP contribution in [-0.2, 0) is 9.59 Å². The third-order valence-electron chi connectivity index (χ3n) is 6.95. The minimum absolute atomic E-state index is 0.0880. The van der Waals surface area contributed by atoms with E-state index in [0.29, 0.717) is 49.7 Å². The van der Waals surface area contributed by atoms with Gasteiger partial charge in [-0.15, -0.1) is 0 Å². The Kier molecular flexibility index (Phi) is 9.35. The van der Waals surface area contributed by atoms with Crippen LogP contribution in [0.1, 0.15) is 44.2 Å². The quantitative estimate of drug-likeness (QED) is 0.396. The predicted molar refractivity (Wildman–Crippen MR) is 144 cm³/mol. The molecule has 210 valence electrons. The number of ether oxygens (including phenoxy) is 3. The second-order valence-corrected chi connectivity index (χ2v) is 9.56. The summed E-state index contributed by atoms with van der Waals surface area (Å²) in [5, 5.41) is 15.0. The van der Waals surface area contributed by atoms with Gasteiger partial charge in [0.15, 0.2) is 11.5 Å². The maximum Gasteiger partial charge on any atom is 0.315 e. The van der Waals surface area contributed by atoms with E-state index in [4.69, 9.17) is 14.2 Å². The van der Waals surface area contributed by atoms with Gasteiger partial charge in [-0.1, -0.05) is 38.0 Å². The van der Waals surface area contributed by atoms with Crippen LogP contribution in [-0.4, -0.2) is 74.0 Å². The summed E-state index contributed by atoms with van der Waals surface area (Å²) < 4.78 is 16.2. The lowest BCUT2D eigenvalue weighted by Gasteiger charge is -2.38. The summed E-state index contributed by atoms with van der Waals surface area (Å²) >= 11 is 0. The number of hydrogen-bond acceptors (Lipinski definition) is 7. The van der Waals surface area contributed by atoms with E-state index in [1.54, 1.807) is 30.2 Å². The molecule has 0 unspecified atom stereocenters. The van der Waals surface area contributed by atoms with Gasteiger partial charge in [0.25, 0.3) is 0 Å². The van der Waals surface area contributed by atoms with Crippen LogP contribution in [0.15, 0.2) is 42.5 Å². The fraction of sp³-hybridized carbons (Fsp3) is 0.464. The molecule has 1 saturated heterocycles. The molecule has 2 atom stereocenters. The molecule has 2 heterocycles. The van der Waals surface area contributed by atoms with Crippen molar-refractivity contribution in [2.75, 3.05) is 45.0 Å². The Morgan fingerprint density at radius 3 is 2.49 bits per heavy atom. The van der Waals surface area contributed by atoms with Crippen molar-refractivity contribution in [3.05, 3.63) is 48.0 Å². The molecule has 11 heteroatoms. The van der Waals surface area contributed by atoms with Gasteiger partial charge < -0.3 is 39.8 Å². The van der Waals surface area contributed by atoms with E-state index in [0.717, 1.165) is 24.3 Å². The first-order chi connectivity index (χ1) is 18.9. The molecule has 0 radical (unpaired) electrons. The molecule has 0 aliphatic carbocycles. The molecule has 3 amide bonds. The molecule has 0 spiro atoms. The van der Waals surface area contributed by atoms with Gasteiger partial charge in [-0.25, -0.2) is 4.79 Å². The lowest BCUT2D eigenvalue weighted by molar-refractivity contribution is -0.137. The lowest BCUT2D eigenvalue weighted by atomic mass is 10.0. The van der Waals surface area contributed by atoms with Crippen LogP contribution < -0.4 is 29.7 Å². The van der Waals surface area contributed by atoms with E-state index in [2.05, 4.69) is 15.5 Å². The van der Waals surface area contributed by atoms with Crippen LogP contribution in [0.4, 0.5) is 10.5 Å². The number of unbranched alkanes of at least 4 members (excludes halogenated alkanes) is 1. The summed E-state index contributed by atoms with van der Waals surface area (Å²) in [5.41, 5.74) is 1.56. The van der Waals surface area contributed by atoms with Crippen LogP contribution in [0.3, 0.4) is 0 Å². The number of piperazine rings is 1. The summed E-state index contributed by atoms with van der Waals surface area (Å²) in [4.78, 5) is 42.0. The fourth-order valence-electron chi connectivity index (χ4n) is 4.86. The van der Waals surface area contributed by atoms with E-state index in [-0.39, 0.29) is 19.1 Å². The molecule has 0 aromatic heterocycles. The van der Waals surface area contributed by atoms with Gasteiger partial charge in [0.2, 0.25) is 12.7 Å². The first kappa shape index (κ1) is 27.9. The number of amides is 3. The SMILES string of the molecule is CCCC[C@H](NC(=O)N[C@@H](CC(=O)O)c1ccc2c(c1)OCO2)C(=O)N1CCN(c2ccccc2OC)CC1. The number of carbonyl (C=O) groups excluding carboxylic acids is 2. The first-order valence-electron chi connectivity index (χ1n) is 13.2. The summed E-state index contributed by atoms with van der Waals surface area (Å²) in [6.45, 7) is 4.43. The van der Waals surface area contributed by atoms with E-state index in [1.807, 2.05) is 31.2 Å². The molecule has 2 aromatic carbocycles. The number of carboxylic acids is 1. The van der Waals surface area contributed by atoms with Gasteiger partial charge in [-0.2, -0.15) is 0 Å². The average Bonchev–Trinajstić information content (AvgIpc) is 3.42. The number of rotatable bonds is 11. The van der Waals surface area contributed by atoms with Crippen LogP contribution in [0, 0.1) is 0 Å². The number of benzene rings is 2. The van der Waals surface area contributed by atoms with Crippen LogP contribution in [0.2, 0.25) is 0 Å². The number of hydrogen-bond donors (Lipinski definition) is 3. The standard InChI is InChI=1S/C28H36N4O7/c1-3-4-7-20(27(35)32-14-12-31(13-15-32)22-8-5-6-9-23(22)37-2)29-28(36)30-21(17-26(33)34)19-10-11-24-25(16-19)39-18-38-24/h5-6,8-11,16,20-21H,3-4,7,12-15,17-18H2,1-2H3,(H,33,34)(H2,29,30,36)/t20-,21-/m0/s1. The number of carboxylic acid groups (broad SMARTS) is 1. The number of aliphatic carboxylic acids is 1. The number of nitrogens with one attached hydrogen (secondary N) is 2. The van der Waals surface area contributed by atoms with E-state index >= 15 is 0 Å². The second-order valence-electron chi connectivity index (χ2n) is 9.56. The molecule has 39 heavy (non-hydrogen) atoms. The van der Waals surface area contributed by atoms with Crippen molar-refractivity contribution in [3.8, 4) is 17.2 Å². The zero-order valence-electron chi connectivity index (χ0n) is 22.4. The molecule has 0 bridgehead atoms. The normalized spacial score (nSPS) is 15.8. The smallest absolute Gasteiger partial charge is 0.315 e. The molecular weight excluding hydrogens is 504 g/mol. The van der Waals surface area contributed by atoms with Crippen molar-refractivity contribution in [1.29, 1.82) is 0 Å². The maximum atomic E-state index is 13.5. The van der Waals surface area contributed by atoms with Gasteiger partial charge in [-0.05, 0) is 36.2 Å². The van der Waals surface area contributed by atoms with Gasteiger partial charge >= 0.3 is 12.0 Å². The van der Waals surface area contributed by atoms with Crippen molar-refractivity contribution in [1.82, 2.24) is 15.5 Å². The number of methoxy groups -OCH3 is 1. The highest BCUT2D eigenvalue weighted by molar-refractivity contribution is 5.87. The topological polar surface area (TPSA) is 130 Å². The molecule has 2 aromatic rings. The predicted octanol–water partition coefficient (Wildman–Crippen LogP) is 3.15. The molecule has 0 saturated carbocycles. The monoisotopic (exact) mass is 540 g/mol. The van der Waals surface area contributed by atoms with Crippen LogP contribution in [0.5, 0.6) is 17.2 Å². The Hall–Kier alpha value is -4.15. The number of anilines is 1. The third-order valence-corrected chi connectivity index (χ3v) is 6.95. The third kappa shape index (κ3) is 7.04. The first-order valence-corrected chi connectivity index (χ1v) is 13.2. The van der Waals surface area contributed by atoms with Crippen molar-refractivity contribution in [3.63, 3.8) is 0 Å². The molecule has 1 fully saturated rings. The largest absolute Gasteiger partial charge is 0.495 e. The highest BCUT2D eigenvalue weighted by Gasteiger charge is 2.30. The average molecular weight is 541 g/mol. The molecule has 11 nitrogen and oxygen atoms in total. The minimum Gasteiger partial charge on any atom is -0.495 e. The van der Waals surface area contributed by atoms with Crippen LogP contribution in [0.25, 0.3) is 0 Å². The van der Waals surface area contributed by atoms with Crippen molar-refractivity contribution in [2.24, 2.45) is 0 Å².